The van der Waals surface area contributed by atoms with Gasteiger partial charge in [0.25, 0.3) is 0 Å². The van der Waals surface area contributed by atoms with E-state index in [1.807, 2.05) is 13.8 Å². The summed E-state index contributed by atoms with van der Waals surface area (Å²) in [7, 11) is 0. The molecule has 0 saturated carbocycles. The van der Waals surface area contributed by atoms with Crippen molar-refractivity contribution in [2.75, 3.05) is 0 Å². The Morgan fingerprint density at radius 1 is 0.625 bits per heavy atom. The van der Waals surface area contributed by atoms with Gasteiger partial charge in [0.1, 0.15) is 0 Å². The molecule has 0 aromatic carbocycles. The quantitative estimate of drug-likeness (QED) is 0.257. The average Bonchev–Trinajstić information content (AvgIpc) is 2.69. The maximum absolute atomic E-state index is 10.3. The van der Waals surface area contributed by atoms with Gasteiger partial charge in [-0.1, -0.05) is 86.5 Å². The van der Waals surface area contributed by atoms with Gasteiger partial charge in [-0.25, -0.2) is 0 Å². The summed E-state index contributed by atoms with van der Waals surface area (Å²) in [4.78, 5) is 30.6. The minimum Gasteiger partial charge on any atom is -0.550 e. The second-order valence-corrected chi connectivity index (χ2v) is 8.50. The number of carboxylic acids is 3. The maximum Gasteiger partial charge on any atom is 3.00 e. The third kappa shape index (κ3) is 32.0. The Labute approximate surface area is 230 Å². The largest absolute Gasteiger partial charge is 3.00 e. The molecule has 32 heavy (non-hydrogen) atoms. The number of carbonyl (C=O) groups excluding carboxylic acids is 3. The molecule has 0 spiro atoms. The van der Waals surface area contributed by atoms with Crippen LogP contribution in [-0.4, -0.2) is 17.9 Å². The van der Waals surface area contributed by atoms with Gasteiger partial charge in [0.05, 0.1) is 0 Å². The summed E-state index contributed by atoms with van der Waals surface area (Å²) in [5.41, 5.74) is 0. The summed E-state index contributed by atoms with van der Waals surface area (Å²) in [5.74, 6) is -2.42. The van der Waals surface area contributed by atoms with Crippen LogP contribution >= 0.6 is 0 Å². The van der Waals surface area contributed by atoms with Crippen LogP contribution in [0.15, 0.2) is 0 Å². The standard InChI is InChI=1S/C9H18O2.2C8H16O2.Ce/c1-8(2)6-4-3-5-7-9(10)11;2*1-3-5-6-7(4-2)8(9)10;/h8H,3-7H2,1-2H3,(H,10,11);2*7H,3-6H2,1-2H3,(H,9,10);/q;;;+3/p-3. The van der Waals surface area contributed by atoms with Crippen molar-refractivity contribution in [1.29, 1.82) is 0 Å². The van der Waals surface area contributed by atoms with E-state index in [2.05, 4.69) is 27.7 Å². The van der Waals surface area contributed by atoms with Crippen molar-refractivity contribution in [3.8, 4) is 0 Å². The van der Waals surface area contributed by atoms with Crippen LogP contribution in [-0.2, 0) is 14.4 Å². The molecule has 7 heteroatoms. The van der Waals surface area contributed by atoms with Crippen molar-refractivity contribution in [3.05, 3.63) is 0 Å². The van der Waals surface area contributed by atoms with Crippen molar-refractivity contribution in [1.82, 2.24) is 0 Å². The minimum atomic E-state index is -0.922. The topological polar surface area (TPSA) is 120 Å². The monoisotopic (exact) mass is 583 g/mol. The molecule has 0 N–H and O–H groups in total. The molecule has 1 radical (unpaired) electrons. The molecule has 0 fully saturated rings. The summed E-state index contributed by atoms with van der Waals surface area (Å²) in [5, 5.41) is 30.6. The van der Waals surface area contributed by atoms with Gasteiger partial charge in [-0.15, -0.1) is 0 Å². The Balaban J connectivity index is -0.000000181. The van der Waals surface area contributed by atoms with E-state index in [0.29, 0.717) is 12.8 Å². The smallest absolute Gasteiger partial charge is 0.550 e. The van der Waals surface area contributed by atoms with Crippen LogP contribution in [0.25, 0.3) is 0 Å². The van der Waals surface area contributed by atoms with E-state index in [1.54, 1.807) is 0 Å². The van der Waals surface area contributed by atoms with Crippen LogP contribution in [0, 0.1) is 59.5 Å². The number of aliphatic carboxylic acids is 3. The summed E-state index contributed by atoms with van der Waals surface area (Å²) in [6.45, 7) is 12.2. The first kappa shape index (κ1) is 39.0. The van der Waals surface area contributed by atoms with Crippen molar-refractivity contribution < 1.29 is 71.5 Å². The third-order valence-electron chi connectivity index (χ3n) is 5.13. The summed E-state index contributed by atoms with van der Waals surface area (Å²) in [6.07, 6.45) is 11.4. The SMILES string of the molecule is CC(C)CCCCCC(=O)[O-].CCCCC(CC)C(=O)[O-].CCCCC(CC)C(=O)[O-].[Ce+3]. The Morgan fingerprint density at radius 3 is 1.28 bits per heavy atom. The van der Waals surface area contributed by atoms with Crippen LogP contribution in [0.5, 0.6) is 0 Å². The summed E-state index contributed by atoms with van der Waals surface area (Å²) < 4.78 is 0. The van der Waals surface area contributed by atoms with Crippen molar-refractivity contribution in [2.45, 2.75) is 125 Å². The number of carbonyl (C=O) groups is 3. The molecular formula is C25H47CeO6. The number of carboxylic acid groups (broad SMARTS) is 3. The van der Waals surface area contributed by atoms with Gasteiger partial charge < -0.3 is 29.7 Å². The maximum atomic E-state index is 10.3. The Hall–Kier alpha value is -0.213. The van der Waals surface area contributed by atoms with Crippen LogP contribution in [0.2, 0.25) is 0 Å². The predicted molar refractivity (Wildman–Crippen MR) is 120 cm³/mol. The van der Waals surface area contributed by atoms with Gasteiger partial charge in [-0.3, -0.25) is 0 Å². The Morgan fingerprint density at radius 2 is 1.03 bits per heavy atom. The zero-order valence-electron chi connectivity index (χ0n) is 21.4. The van der Waals surface area contributed by atoms with E-state index in [1.165, 1.54) is 6.42 Å². The second-order valence-electron chi connectivity index (χ2n) is 8.50. The summed E-state index contributed by atoms with van der Waals surface area (Å²) >= 11 is 0. The van der Waals surface area contributed by atoms with Gasteiger partial charge >= 0.3 is 41.7 Å². The third-order valence-corrected chi connectivity index (χ3v) is 5.13. The second kappa shape index (κ2) is 28.8. The first-order chi connectivity index (χ1) is 14.6. The first-order valence-electron chi connectivity index (χ1n) is 12.2. The van der Waals surface area contributed by atoms with Gasteiger partial charge in [0, 0.05) is 17.9 Å². The van der Waals surface area contributed by atoms with Crippen molar-refractivity contribution in [3.63, 3.8) is 0 Å². The van der Waals surface area contributed by atoms with Crippen LogP contribution < -0.4 is 15.3 Å². The van der Waals surface area contributed by atoms with E-state index in [9.17, 15) is 29.7 Å². The molecule has 2 atom stereocenters. The molecule has 0 aliphatic heterocycles. The van der Waals surface area contributed by atoms with Gasteiger partial charge in [-0.2, -0.15) is 0 Å². The van der Waals surface area contributed by atoms with Crippen molar-refractivity contribution >= 4 is 17.9 Å². The fourth-order valence-electron chi connectivity index (χ4n) is 2.88. The van der Waals surface area contributed by atoms with E-state index in [4.69, 9.17) is 0 Å². The fourth-order valence-corrected chi connectivity index (χ4v) is 2.88. The van der Waals surface area contributed by atoms with Crippen molar-refractivity contribution in [2.24, 2.45) is 17.8 Å². The minimum absolute atomic E-state index is 0. The average molecular weight is 584 g/mol. The van der Waals surface area contributed by atoms with Crippen LogP contribution in [0.3, 0.4) is 0 Å². The Kier molecular flexibility index (Phi) is 35.1. The van der Waals surface area contributed by atoms with E-state index in [0.717, 1.165) is 63.7 Å². The van der Waals surface area contributed by atoms with E-state index < -0.39 is 17.9 Å². The zero-order valence-corrected chi connectivity index (χ0v) is 24.5. The normalized spacial score (nSPS) is 11.7. The molecule has 6 nitrogen and oxygen atoms in total. The molecule has 0 aromatic heterocycles. The Bertz CT molecular complexity index is 414. The first-order valence-corrected chi connectivity index (χ1v) is 12.2. The summed E-state index contributed by atoms with van der Waals surface area (Å²) in [6, 6.07) is 0. The molecule has 0 bridgehead atoms. The van der Waals surface area contributed by atoms with E-state index in [-0.39, 0.29) is 60.0 Å². The molecule has 0 saturated heterocycles. The molecular weight excluding hydrogens is 536 g/mol. The van der Waals surface area contributed by atoms with E-state index >= 15 is 0 Å². The molecule has 0 heterocycles. The molecule has 2 unspecified atom stereocenters. The van der Waals surface area contributed by atoms with Crippen LogP contribution in [0.4, 0.5) is 0 Å². The number of rotatable bonds is 16. The molecule has 0 aliphatic carbocycles. The predicted octanol–water partition coefficient (Wildman–Crippen LogP) is 3.25. The van der Waals surface area contributed by atoms with Gasteiger partial charge in [0.15, 0.2) is 0 Å². The molecule has 0 aromatic rings. The molecule has 187 valence electrons. The number of hydrogen-bond acceptors (Lipinski definition) is 6. The number of hydrogen-bond donors (Lipinski definition) is 0. The molecule has 0 aliphatic rings. The van der Waals surface area contributed by atoms with Gasteiger partial charge in [0.2, 0.25) is 0 Å². The van der Waals surface area contributed by atoms with Crippen LogP contribution in [0.1, 0.15) is 125 Å². The fraction of sp³-hybridized carbons (Fsp3) is 0.880. The molecule has 0 amide bonds. The van der Waals surface area contributed by atoms with Gasteiger partial charge in [-0.05, 0) is 56.3 Å². The molecule has 0 rings (SSSR count). The number of unbranched alkanes of at least 4 members (excludes halogenated alkanes) is 4. The zero-order chi connectivity index (χ0) is 24.7.